The van der Waals surface area contributed by atoms with Crippen LogP contribution in [0.15, 0.2) is 0 Å². The van der Waals surface area contributed by atoms with Gasteiger partial charge in [0.1, 0.15) is 11.9 Å². The molecule has 3 rings (SSSR count). The van der Waals surface area contributed by atoms with Gasteiger partial charge in [0, 0.05) is 75.3 Å². The summed E-state index contributed by atoms with van der Waals surface area (Å²) in [6.45, 7) is 16.1. The van der Waals surface area contributed by atoms with Gasteiger partial charge in [-0.05, 0) is 54.1 Å². The predicted octanol–water partition coefficient (Wildman–Crippen LogP) is 3.71. The molecule has 3 aliphatic rings. The van der Waals surface area contributed by atoms with Gasteiger partial charge in [-0.3, -0.25) is 9.59 Å². The van der Waals surface area contributed by atoms with Gasteiger partial charge in [-0.1, -0.05) is 34.6 Å². The number of carbonyl (C=O) groups is 4. The van der Waals surface area contributed by atoms with Crippen molar-refractivity contribution in [2.75, 3.05) is 21.2 Å². The van der Waals surface area contributed by atoms with Crippen LogP contribution in [-0.2, 0) is 70.8 Å². The van der Waals surface area contributed by atoms with Gasteiger partial charge in [0.15, 0.2) is 17.9 Å². The van der Waals surface area contributed by atoms with Gasteiger partial charge in [0.25, 0.3) is 0 Å². The van der Waals surface area contributed by atoms with Gasteiger partial charge < -0.3 is 38.7 Å². The van der Waals surface area contributed by atoms with Crippen molar-refractivity contribution in [2.45, 2.75) is 129 Å². The first-order chi connectivity index (χ1) is 19.9. The predicted molar refractivity (Wildman–Crippen MR) is 159 cm³/mol. The molecule has 0 saturated carbocycles. The maximum atomic E-state index is 14.0. The van der Waals surface area contributed by atoms with Gasteiger partial charge in [-0.15, -0.1) is 0 Å². The van der Waals surface area contributed by atoms with Crippen LogP contribution >= 0.6 is 0 Å². The topological polar surface area (TPSA) is 130 Å². The molecule has 0 unspecified atom stereocenters. The number of rotatable bonds is 5. The molecule has 3 heterocycles. The molecule has 0 bridgehead atoms. The van der Waals surface area contributed by atoms with Crippen LogP contribution in [0.5, 0.6) is 0 Å². The molecule has 3 fully saturated rings. The average Bonchev–Trinajstić information content (AvgIpc) is 3.27. The Balaban J connectivity index is 0.00000675. The number of alkyl carbamates (subject to hydrolysis) is 1. The number of methoxy groups -OCH3 is 1. The van der Waals surface area contributed by atoms with Crippen molar-refractivity contribution in [3.05, 3.63) is 5.92 Å². The molecule has 0 aromatic heterocycles. The van der Waals surface area contributed by atoms with E-state index in [-0.39, 0.29) is 68.9 Å². The number of hydrogen-bond donors (Lipinski definition) is 1. The first-order valence-corrected chi connectivity index (χ1v) is 15.6. The Morgan fingerprint density at radius 2 is 1.66 bits per heavy atom. The quantitative estimate of drug-likeness (QED) is 0.335. The fraction of sp³-hybridized carbons (Fsp3) is 0.844. The van der Waals surface area contributed by atoms with E-state index in [1.807, 2.05) is 34.9 Å². The summed E-state index contributed by atoms with van der Waals surface area (Å²) in [4.78, 5) is 56.0. The van der Waals surface area contributed by atoms with Crippen LogP contribution in [0.4, 0.5) is 4.79 Å². The number of nitrogens with one attached hydrogen (secondary N) is 1. The van der Waals surface area contributed by atoms with Crippen LogP contribution in [0.25, 0.3) is 0 Å². The third-order valence-electron chi connectivity index (χ3n) is 10.1. The summed E-state index contributed by atoms with van der Waals surface area (Å²) in [5.41, 5.74) is -2.44. The fourth-order valence-corrected chi connectivity index (χ4v) is 7.41. The number of fused-ring (bicyclic) bond motifs is 1. The Morgan fingerprint density at radius 1 is 1.05 bits per heavy atom. The fourth-order valence-electron chi connectivity index (χ4n) is 7.41. The zero-order valence-electron chi connectivity index (χ0n) is 28.6. The molecule has 3 saturated heterocycles. The van der Waals surface area contributed by atoms with Crippen LogP contribution in [0.3, 0.4) is 0 Å². The molecule has 11 nitrogen and oxygen atoms in total. The number of esters is 1. The Morgan fingerprint density at radius 3 is 2.20 bits per heavy atom. The molecule has 0 aromatic rings. The van der Waals surface area contributed by atoms with E-state index in [0.29, 0.717) is 6.42 Å². The number of Topliss-reactive ketones (excluding diaryl/α,β-unsaturated/α-hetero) is 2. The number of hydrogen-bond acceptors (Lipinski definition) is 10. The van der Waals surface area contributed by atoms with E-state index in [2.05, 4.69) is 17.1 Å². The number of carbonyl (C=O) groups excluding carboxylic acids is 4. The van der Waals surface area contributed by atoms with Crippen molar-refractivity contribution < 1.29 is 75.6 Å². The number of ether oxygens (including phenoxy) is 5. The molecule has 12 heteroatoms. The zero-order valence-corrected chi connectivity index (χ0v) is 31.4. The van der Waals surface area contributed by atoms with Crippen molar-refractivity contribution in [3.8, 4) is 0 Å². The smallest absolute Gasteiger partial charge is 0.408 e. The molecule has 3 aliphatic heterocycles. The van der Waals surface area contributed by atoms with E-state index in [0.717, 1.165) is 6.42 Å². The number of amides is 1. The monoisotopic (exact) mass is 698 g/mol. The van der Waals surface area contributed by atoms with Crippen LogP contribution in [0.1, 0.15) is 81.6 Å². The van der Waals surface area contributed by atoms with E-state index in [1.54, 1.807) is 27.7 Å². The molecule has 12 atom stereocenters. The summed E-state index contributed by atoms with van der Waals surface area (Å²) in [5.74, 6) is -3.57. The average molecular weight is 699 g/mol. The Bertz CT molecular complexity index is 1060. The van der Waals surface area contributed by atoms with Crippen LogP contribution in [0.2, 0.25) is 0 Å². The molecule has 249 valence electrons. The summed E-state index contributed by atoms with van der Waals surface area (Å²) in [5, 5.41) is 2.78. The summed E-state index contributed by atoms with van der Waals surface area (Å²) in [6.07, 6.45) is -1.84. The first kappa shape index (κ1) is 39.1. The number of nitrogens with zero attached hydrogens (tertiary/aromatic N) is 1. The first-order valence-electron chi connectivity index (χ1n) is 15.6. The minimum atomic E-state index is -1.32. The molecule has 0 spiro atoms. The normalized spacial score (nSPS) is 42.5. The minimum absolute atomic E-state index is 0. The summed E-state index contributed by atoms with van der Waals surface area (Å²) >= 11 is 0. The number of ketones is 2. The van der Waals surface area contributed by atoms with E-state index in [1.165, 1.54) is 14.0 Å². The minimum Gasteiger partial charge on any atom is -0.480 e. The number of cyclic esters (lactones) is 1. The standard InChI is InChI=1S/C32H53N2O9.Y/c1-13-23-32(9)26(33-30(38)43-32)19(5)24(35)16(2)15-31(8,39-12)27(20(6)25(36)21(7)28(37)41-23)42-29-18(4)22(34(10)11)14-17(3)40-29;/h16-20,22-23,26-27,29H,13-15H2,1-12H3,(H,33,38);/q-1;/t16-,17-,18-,19+,20+,22+,23-,26-,27-,29+,31-,32-;/m1./s1. The molecule has 0 aliphatic carbocycles. The van der Waals surface area contributed by atoms with Gasteiger partial charge in [0.2, 0.25) is 0 Å². The molecular weight excluding hydrogens is 645 g/mol. The molecule has 1 N–H and O–H groups in total. The summed E-state index contributed by atoms with van der Waals surface area (Å²) < 4.78 is 30.7. The second-order valence-corrected chi connectivity index (χ2v) is 13.6. The molecule has 0 aromatic carbocycles. The van der Waals surface area contributed by atoms with Crippen molar-refractivity contribution in [1.29, 1.82) is 0 Å². The van der Waals surface area contributed by atoms with Crippen molar-refractivity contribution in [2.24, 2.45) is 23.7 Å². The van der Waals surface area contributed by atoms with Crippen LogP contribution in [-0.4, -0.2) is 97.6 Å². The van der Waals surface area contributed by atoms with Crippen LogP contribution in [0, 0.1) is 29.6 Å². The zero-order chi connectivity index (χ0) is 32.6. The van der Waals surface area contributed by atoms with Crippen molar-refractivity contribution in [1.82, 2.24) is 10.2 Å². The molecule has 1 amide bonds. The van der Waals surface area contributed by atoms with Gasteiger partial charge >= 0.3 is 6.09 Å². The largest absolute Gasteiger partial charge is 0.480 e. The van der Waals surface area contributed by atoms with Gasteiger partial charge in [0.05, 0.1) is 23.9 Å². The van der Waals surface area contributed by atoms with Gasteiger partial charge in [-0.2, -0.15) is 6.92 Å². The van der Waals surface area contributed by atoms with E-state index >= 15 is 0 Å². The van der Waals surface area contributed by atoms with Crippen molar-refractivity contribution in [3.63, 3.8) is 0 Å². The van der Waals surface area contributed by atoms with E-state index in [4.69, 9.17) is 23.7 Å². The van der Waals surface area contributed by atoms with E-state index in [9.17, 15) is 19.2 Å². The maximum absolute atomic E-state index is 14.0. The van der Waals surface area contributed by atoms with Crippen molar-refractivity contribution >= 4 is 23.6 Å². The third-order valence-corrected chi connectivity index (χ3v) is 10.1. The summed E-state index contributed by atoms with van der Waals surface area (Å²) in [6, 6.07) is -0.576. The molecular formula is C32H53N2O9Y-. The Labute approximate surface area is 288 Å². The SMILES string of the molecule is CC[C@H]1OC(=O)[C-](C)C(=O)[C@H](C)[C@@H](O[C@@H]2O[C@H](C)C[C@H](N(C)C)[C@H]2C)[C@](C)(OC)C[C@@H](C)C(=O)[C@H](C)[C@H]2NC(=O)O[C@@]21C.[Y]. The van der Waals surface area contributed by atoms with Gasteiger partial charge in [-0.25, -0.2) is 10.7 Å². The van der Waals surface area contributed by atoms with Crippen LogP contribution < -0.4 is 5.32 Å². The second-order valence-electron chi connectivity index (χ2n) is 13.6. The second kappa shape index (κ2) is 15.2. The Kier molecular flexibility index (Phi) is 13.5. The third kappa shape index (κ3) is 7.71. The maximum Gasteiger partial charge on any atom is 0.408 e. The molecule has 44 heavy (non-hydrogen) atoms. The van der Waals surface area contributed by atoms with E-state index < -0.39 is 71.3 Å². The molecule has 1 radical (unpaired) electrons. The Hall–Kier alpha value is -1.11. The summed E-state index contributed by atoms with van der Waals surface area (Å²) in [7, 11) is 5.58.